The fraction of sp³-hybridized carbons (Fsp3) is 0.284. The summed E-state index contributed by atoms with van der Waals surface area (Å²) in [4.78, 5) is 68.4. The largest absolute Gasteiger partial charge is 0.497 e. The van der Waals surface area contributed by atoms with Crippen molar-refractivity contribution in [2.45, 2.75) is 81.4 Å². The number of hydrogen-bond donors (Lipinski definition) is 3. The fourth-order valence-corrected chi connectivity index (χ4v) is 12.8. The number of rotatable bonds is 24. The van der Waals surface area contributed by atoms with Crippen molar-refractivity contribution >= 4 is 37.6 Å². The van der Waals surface area contributed by atoms with E-state index in [1.165, 1.54) is 17.1 Å². The molecular weight excluding hydrogens is 1170 g/mol. The molecule has 5 heterocycles. The first-order valence-corrected chi connectivity index (χ1v) is 30.5. The molecule has 0 saturated carbocycles. The van der Waals surface area contributed by atoms with E-state index in [0.29, 0.717) is 46.6 Å². The summed E-state index contributed by atoms with van der Waals surface area (Å²) in [6, 6.07) is 50.3. The third-order valence-corrected chi connectivity index (χ3v) is 17.5. The van der Waals surface area contributed by atoms with Crippen LogP contribution in [0.15, 0.2) is 180 Å². The lowest BCUT2D eigenvalue weighted by Gasteiger charge is -2.37. The predicted molar refractivity (Wildman–Crippen MR) is 332 cm³/mol. The molecule has 12 rings (SSSR count). The standard InChI is InChI=1S/C67H64N9O13P/c1-42-36-75(65(79)74-63(42)77)59-34-56(57(88-59)39-84-67(45-12-5-4-6-13-45,46-22-26-48(81-2)27-23-46)47-24-28-49(82-3)29-25-47)89-90(85-33-11-32-68)86-37-50-30-31-58(87-50)76-41-72-60-61(70-40-71-62(60)76)73-64(78)44-20-18-43(19-21-44)35-69-66(80)83-38-55-53-16-9-7-14-51(53)52-15-8-10-17-54(52)55/h4-10,12-29,36,40-41,50,55-59H,11,30-31,33-35,37-39H2,1-3H3,(H,69,80)(H,74,77,79)(H,70,71,73,78)/t50-,56?,57+,58+,59+,90?/m0/s1. The Morgan fingerprint density at radius 1 is 0.744 bits per heavy atom. The maximum Gasteiger partial charge on any atom is 0.407 e. The van der Waals surface area contributed by atoms with E-state index in [1.807, 2.05) is 103 Å². The quantitative estimate of drug-likeness (QED) is 0.0288. The van der Waals surface area contributed by atoms with Gasteiger partial charge in [-0.2, -0.15) is 5.26 Å². The first-order chi connectivity index (χ1) is 44.0. The minimum Gasteiger partial charge on any atom is -0.497 e. The van der Waals surface area contributed by atoms with Gasteiger partial charge in [0, 0.05) is 36.2 Å². The zero-order chi connectivity index (χ0) is 62.1. The summed E-state index contributed by atoms with van der Waals surface area (Å²) in [5.41, 5.74) is 6.71. The Labute approximate surface area is 518 Å². The monoisotopic (exact) mass is 1230 g/mol. The van der Waals surface area contributed by atoms with Crippen molar-refractivity contribution < 1.29 is 51.6 Å². The Morgan fingerprint density at radius 2 is 1.41 bits per heavy atom. The Kier molecular flexibility index (Phi) is 18.6. The molecule has 6 aromatic carbocycles. The zero-order valence-electron chi connectivity index (χ0n) is 49.4. The Bertz CT molecular complexity index is 4070. The average Bonchev–Trinajstić information content (AvgIpc) is 2.08. The molecule has 23 heteroatoms. The second-order valence-electron chi connectivity index (χ2n) is 21.7. The van der Waals surface area contributed by atoms with Gasteiger partial charge in [0.2, 0.25) is 0 Å². The molecule has 460 valence electrons. The van der Waals surface area contributed by atoms with Crippen LogP contribution in [0.4, 0.5) is 10.6 Å². The van der Waals surface area contributed by atoms with Crippen LogP contribution < -0.4 is 31.4 Å². The van der Waals surface area contributed by atoms with Gasteiger partial charge < -0.3 is 52.6 Å². The van der Waals surface area contributed by atoms with Crippen LogP contribution in [-0.4, -0.2) is 100 Å². The Hall–Kier alpha value is -9.43. The van der Waals surface area contributed by atoms with Crippen molar-refractivity contribution in [1.82, 2.24) is 34.4 Å². The molecule has 3 N–H and O–H groups in total. The summed E-state index contributed by atoms with van der Waals surface area (Å²) in [5.74, 6) is 1.02. The summed E-state index contributed by atoms with van der Waals surface area (Å²) < 4.78 is 59.9. The van der Waals surface area contributed by atoms with E-state index in [4.69, 9.17) is 42.0 Å². The number of amides is 2. The van der Waals surface area contributed by atoms with Crippen LogP contribution >= 0.6 is 8.60 Å². The molecule has 1 aliphatic carbocycles. The molecule has 6 atom stereocenters. The number of alkyl carbamates (subject to hydrolysis) is 1. The van der Waals surface area contributed by atoms with E-state index in [1.54, 1.807) is 56.3 Å². The highest BCUT2D eigenvalue weighted by Crippen LogP contribution is 2.49. The van der Waals surface area contributed by atoms with Crippen molar-refractivity contribution in [3.63, 3.8) is 0 Å². The highest BCUT2D eigenvalue weighted by atomic mass is 31.2. The smallest absolute Gasteiger partial charge is 0.407 e. The van der Waals surface area contributed by atoms with Crippen LogP contribution in [0.3, 0.4) is 0 Å². The minimum absolute atomic E-state index is 0.00668. The van der Waals surface area contributed by atoms with Crippen molar-refractivity contribution in [2.24, 2.45) is 0 Å². The lowest BCUT2D eigenvalue weighted by atomic mass is 9.80. The fourth-order valence-electron chi connectivity index (χ4n) is 11.7. The number of H-pyrrole nitrogens is 1. The van der Waals surface area contributed by atoms with Gasteiger partial charge >= 0.3 is 20.4 Å². The number of methoxy groups -OCH3 is 2. The van der Waals surface area contributed by atoms with Gasteiger partial charge in [0.1, 0.15) is 48.6 Å². The van der Waals surface area contributed by atoms with Gasteiger partial charge in [0.15, 0.2) is 17.0 Å². The number of carbonyl (C=O) groups is 2. The van der Waals surface area contributed by atoms with Gasteiger partial charge in [-0.05, 0) is 101 Å². The maximum absolute atomic E-state index is 13.6. The van der Waals surface area contributed by atoms with E-state index in [9.17, 15) is 24.4 Å². The van der Waals surface area contributed by atoms with Crippen molar-refractivity contribution in [3.05, 3.63) is 236 Å². The number of anilines is 1. The Morgan fingerprint density at radius 3 is 2.09 bits per heavy atom. The van der Waals surface area contributed by atoms with Gasteiger partial charge in [-0.1, -0.05) is 115 Å². The number of ether oxygens (including phenoxy) is 6. The van der Waals surface area contributed by atoms with Crippen LogP contribution in [0.25, 0.3) is 22.3 Å². The number of hydrogen-bond acceptors (Lipinski definition) is 17. The summed E-state index contributed by atoms with van der Waals surface area (Å²) in [7, 11) is 1.01. The second kappa shape index (κ2) is 27.5. The van der Waals surface area contributed by atoms with Gasteiger partial charge in [0.25, 0.3) is 11.5 Å². The SMILES string of the molecule is COc1ccc(C(OC[C@H]2O[C@@H](n3cc(C)c(=O)[nH]c3=O)CC2OP(OCCC#N)OC[C@@H]2CC[C@H](n3cnc4c(NC(=O)c5ccc(CNC(=O)OCC6c7ccccc7-c7ccccc76)cc5)ncnc43)O2)(c2ccccc2)c2ccc(OC)cc2)cc1. The molecule has 9 aromatic rings. The molecule has 90 heavy (non-hydrogen) atoms. The van der Waals surface area contributed by atoms with Crippen LogP contribution in [0.2, 0.25) is 0 Å². The molecule has 2 aliphatic heterocycles. The first kappa shape index (κ1) is 60.8. The summed E-state index contributed by atoms with van der Waals surface area (Å²) in [5, 5.41) is 15.3. The first-order valence-electron chi connectivity index (χ1n) is 29.4. The van der Waals surface area contributed by atoms with Crippen molar-refractivity contribution in [1.29, 1.82) is 5.26 Å². The highest BCUT2D eigenvalue weighted by Gasteiger charge is 2.45. The average molecular weight is 1230 g/mol. The zero-order valence-corrected chi connectivity index (χ0v) is 50.3. The predicted octanol–water partition coefficient (Wildman–Crippen LogP) is 10.5. The van der Waals surface area contributed by atoms with Gasteiger partial charge in [0.05, 0.1) is 65.1 Å². The van der Waals surface area contributed by atoms with Crippen LogP contribution in [0, 0.1) is 18.3 Å². The molecule has 0 spiro atoms. The molecule has 0 radical (unpaired) electrons. The van der Waals surface area contributed by atoms with E-state index >= 15 is 0 Å². The van der Waals surface area contributed by atoms with E-state index in [0.717, 1.165) is 44.5 Å². The van der Waals surface area contributed by atoms with Crippen LogP contribution in [0.1, 0.15) is 93.4 Å². The van der Waals surface area contributed by atoms with E-state index < -0.39 is 68.2 Å². The lowest BCUT2D eigenvalue weighted by molar-refractivity contribution is -0.0936. The molecule has 2 amide bonds. The number of benzene rings is 6. The molecule has 0 bridgehead atoms. The van der Waals surface area contributed by atoms with E-state index in [-0.39, 0.29) is 57.5 Å². The highest BCUT2D eigenvalue weighted by molar-refractivity contribution is 7.41. The molecule has 2 fully saturated rings. The van der Waals surface area contributed by atoms with E-state index in [2.05, 4.69) is 60.9 Å². The second-order valence-corrected chi connectivity index (χ2v) is 22.9. The molecule has 3 aliphatic rings. The third kappa shape index (κ3) is 13.0. The number of nitriles is 1. The lowest BCUT2D eigenvalue weighted by Crippen LogP contribution is -2.38. The number of aromatic nitrogens is 6. The summed E-state index contributed by atoms with van der Waals surface area (Å²) in [6.45, 7) is 1.93. The molecule has 3 aromatic heterocycles. The third-order valence-electron chi connectivity index (χ3n) is 16.3. The van der Waals surface area contributed by atoms with Crippen molar-refractivity contribution in [3.8, 4) is 28.7 Å². The van der Waals surface area contributed by atoms with Gasteiger partial charge in [-0.25, -0.2) is 24.5 Å². The van der Waals surface area contributed by atoms with Crippen molar-refractivity contribution in [2.75, 3.05) is 46.0 Å². The Balaban J connectivity index is 0.702. The topological polar surface area (TPSA) is 264 Å². The van der Waals surface area contributed by atoms with Gasteiger partial charge in [-0.15, -0.1) is 0 Å². The number of fused-ring (bicyclic) bond motifs is 4. The van der Waals surface area contributed by atoms with Crippen LogP contribution in [-0.2, 0) is 44.7 Å². The molecular formula is C67H64N9O13P. The summed E-state index contributed by atoms with van der Waals surface area (Å²) >= 11 is 0. The summed E-state index contributed by atoms with van der Waals surface area (Å²) in [6.07, 6.45) is 1.56. The number of carbonyl (C=O) groups excluding carboxylic acids is 2. The number of nitrogens with one attached hydrogen (secondary N) is 3. The number of aromatic amines is 1. The number of aryl methyl sites for hydroxylation is 1. The van der Waals surface area contributed by atoms with Crippen LogP contribution in [0.5, 0.6) is 11.5 Å². The molecule has 2 saturated heterocycles. The maximum atomic E-state index is 13.6. The molecule has 22 nitrogen and oxygen atoms in total. The van der Waals surface area contributed by atoms with Gasteiger partial charge in [-0.3, -0.25) is 23.7 Å². The number of imidazole rings is 1. The number of nitrogens with zero attached hydrogens (tertiary/aromatic N) is 6. The normalized spacial score (nSPS) is 18.1. The molecule has 2 unspecified atom stereocenters. The minimum atomic E-state index is -2.20.